The third-order valence-electron chi connectivity index (χ3n) is 3.32. The molecule has 1 atom stereocenters. The van der Waals surface area contributed by atoms with E-state index in [1.807, 2.05) is 0 Å². The first-order valence-corrected chi connectivity index (χ1v) is 8.50. The molecule has 2 N–H and O–H groups in total. The van der Waals surface area contributed by atoms with Gasteiger partial charge in [-0.2, -0.15) is 0 Å². The number of amides is 2. The van der Waals surface area contributed by atoms with Gasteiger partial charge in [-0.1, -0.05) is 0 Å². The molecule has 0 bridgehead atoms. The molecule has 0 aromatic heterocycles. The third-order valence-corrected chi connectivity index (χ3v) is 4.78. The Bertz CT molecular complexity index is 730. The van der Waals surface area contributed by atoms with Crippen molar-refractivity contribution in [2.75, 3.05) is 26.0 Å². The molecule has 0 saturated heterocycles. The summed E-state index contributed by atoms with van der Waals surface area (Å²) in [5.41, 5.74) is 0.306. The summed E-state index contributed by atoms with van der Waals surface area (Å²) in [6, 6.07) is 4.21. The summed E-state index contributed by atoms with van der Waals surface area (Å²) in [5.74, 6) is -0.0942. The number of anilines is 1. The van der Waals surface area contributed by atoms with Gasteiger partial charge in [0.2, 0.25) is 15.9 Å². The molecule has 1 aliphatic rings. The van der Waals surface area contributed by atoms with Crippen LogP contribution >= 0.6 is 0 Å². The Hall–Kier alpha value is -2.13. The Morgan fingerprint density at radius 2 is 2.09 bits per heavy atom. The largest absolute Gasteiger partial charge is 0.479 e. The number of carbonyl (C=O) groups is 2. The molecule has 1 aliphatic heterocycles. The van der Waals surface area contributed by atoms with Crippen molar-refractivity contribution >= 4 is 27.5 Å². The lowest BCUT2D eigenvalue weighted by molar-refractivity contribution is -0.128. The number of hydrogen-bond donors (Lipinski definition) is 2. The molecular formula is C14H19N3O5S. The smallest absolute Gasteiger partial charge is 0.265 e. The maximum atomic E-state index is 12.2. The maximum Gasteiger partial charge on any atom is 0.265 e. The number of rotatable bonds is 5. The van der Waals surface area contributed by atoms with Crippen LogP contribution in [-0.4, -0.2) is 51.9 Å². The van der Waals surface area contributed by atoms with Crippen LogP contribution in [0.4, 0.5) is 5.69 Å². The Balaban J connectivity index is 2.10. The van der Waals surface area contributed by atoms with E-state index in [0.29, 0.717) is 11.4 Å². The molecule has 9 heteroatoms. The first-order valence-electron chi connectivity index (χ1n) is 7.02. The van der Waals surface area contributed by atoms with Crippen molar-refractivity contribution in [3.05, 3.63) is 18.2 Å². The molecular weight excluding hydrogens is 322 g/mol. The highest BCUT2D eigenvalue weighted by Crippen LogP contribution is 2.31. The maximum absolute atomic E-state index is 12.2. The predicted octanol–water partition coefficient (Wildman–Crippen LogP) is 0.163. The van der Waals surface area contributed by atoms with Crippen LogP contribution < -0.4 is 14.8 Å². The van der Waals surface area contributed by atoms with Gasteiger partial charge in [-0.05, 0) is 25.1 Å². The quantitative estimate of drug-likeness (QED) is 0.794. The van der Waals surface area contributed by atoms with Gasteiger partial charge in [0.15, 0.2) is 6.10 Å². The molecule has 0 aliphatic carbocycles. The summed E-state index contributed by atoms with van der Waals surface area (Å²) in [6.07, 6.45) is -0.561. The van der Waals surface area contributed by atoms with Crippen molar-refractivity contribution in [1.29, 1.82) is 0 Å². The predicted molar refractivity (Wildman–Crippen MR) is 83.7 cm³/mol. The summed E-state index contributed by atoms with van der Waals surface area (Å²) in [6.45, 7) is 1.60. The fraction of sp³-hybridized carbons (Fsp3) is 0.429. The molecule has 2 amide bonds. The van der Waals surface area contributed by atoms with Gasteiger partial charge in [0.05, 0.1) is 10.6 Å². The van der Waals surface area contributed by atoms with Gasteiger partial charge < -0.3 is 15.0 Å². The Kier molecular flexibility index (Phi) is 4.90. The highest BCUT2D eigenvalue weighted by Gasteiger charge is 2.25. The van der Waals surface area contributed by atoms with E-state index < -0.39 is 16.1 Å². The van der Waals surface area contributed by atoms with Crippen LogP contribution in [0.25, 0.3) is 0 Å². The third kappa shape index (κ3) is 3.99. The van der Waals surface area contributed by atoms with Gasteiger partial charge in [-0.25, -0.2) is 13.1 Å². The second kappa shape index (κ2) is 6.55. The van der Waals surface area contributed by atoms with Crippen LogP contribution in [0.1, 0.15) is 13.3 Å². The van der Waals surface area contributed by atoms with E-state index in [1.165, 1.54) is 23.1 Å². The number of ether oxygens (including phenoxy) is 1. The lowest BCUT2D eigenvalue weighted by Crippen LogP contribution is -2.34. The minimum absolute atomic E-state index is 0.00365. The second-order valence-electron chi connectivity index (χ2n) is 5.34. The highest BCUT2D eigenvalue weighted by atomic mass is 32.2. The van der Waals surface area contributed by atoms with E-state index in [2.05, 4.69) is 10.0 Å². The van der Waals surface area contributed by atoms with Gasteiger partial charge in [0.1, 0.15) is 5.75 Å². The van der Waals surface area contributed by atoms with Crippen LogP contribution in [0.3, 0.4) is 0 Å². The van der Waals surface area contributed by atoms with E-state index >= 15 is 0 Å². The van der Waals surface area contributed by atoms with E-state index in [9.17, 15) is 18.0 Å². The summed E-state index contributed by atoms with van der Waals surface area (Å²) < 4.78 is 32.2. The first kappa shape index (κ1) is 17.2. The standard InChI is InChI=1S/C14H19N3O5S/c1-9-14(19)16-11-8-10(4-5-12(11)22-9)23(20,21)15-7-6-13(18)17(2)3/h4-5,8-9,15H,6-7H2,1-3H3,(H,16,19). The fourth-order valence-corrected chi connectivity index (χ4v) is 3.01. The Morgan fingerprint density at radius 3 is 2.74 bits per heavy atom. The van der Waals surface area contributed by atoms with Crippen molar-refractivity contribution in [1.82, 2.24) is 9.62 Å². The van der Waals surface area contributed by atoms with Crippen molar-refractivity contribution in [3.8, 4) is 5.75 Å². The zero-order chi connectivity index (χ0) is 17.2. The molecule has 2 rings (SSSR count). The van der Waals surface area contributed by atoms with E-state index in [4.69, 9.17) is 4.74 Å². The summed E-state index contributed by atoms with van der Waals surface area (Å²) in [5, 5.41) is 2.59. The second-order valence-corrected chi connectivity index (χ2v) is 7.11. The molecule has 0 spiro atoms. The summed E-state index contributed by atoms with van der Waals surface area (Å²) in [7, 11) is -0.571. The first-order chi connectivity index (χ1) is 10.7. The molecule has 23 heavy (non-hydrogen) atoms. The Labute approximate surface area is 134 Å². The molecule has 1 unspecified atom stereocenters. The molecule has 1 heterocycles. The fourth-order valence-electron chi connectivity index (χ4n) is 1.95. The molecule has 1 aromatic carbocycles. The molecule has 0 saturated carbocycles. The van der Waals surface area contributed by atoms with Crippen LogP contribution in [0.15, 0.2) is 23.1 Å². The average Bonchev–Trinajstić information content (AvgIpc) is 2.47. The van der Waals surface area contributed by atoms with Crippen molar-refractivity contribution < 1.29 is 22.7 Å². The van der Waals surface area contributed by atoms with Crippen molar-refractivity contribution in [2.24, 2.45) is 0 Å². The van der Waals surface area contributed by atoms with Gasteiger partial charge >= 0.3 is 0 Å². The number of benzene rings is 1. The van der Waals surface area contributed by atoms with Gasteiger partial charge in [0, 0.05) is 27.1 Å². The van der Waals surface area contributed by atoms with E-state index in [1.54, 1.807) is 21.0 Å². The van der Waals surface area contributed by atoms with Crippen LogP contribution in [0, 0.1) is 0 Å². The number of nitrogens with zero attached hydrogens (tertiary/aromatic N) is 1. The molecule has 0 fully saturated rings. The zero-order valence-electron chi connectivity index (χ0n) is 13.1. The number of nitrogens with one attached hydrogen (secondary N) is 2. The lowest BCUT2D eigenvalue weighted by atomic mass is 10.2. The van der Waals surface area contributed by atoms with Gasteiger partial charge in [-0.15, -0.1) is 0 Å². The normalized spacial score (nSPS) is 17.0. The molecule has 1 aromatic rings. The van der Waals surface area contributed by atoms with E-state index in [0.717, 1.165) is 0 Å². The monoisotopic (exact) mass is 341 g/mol. The SMILES string of the molecule is CC1Oc2ccc(S(=O)(=O)NCCC(=O)N(C)C)cc2NC1=O. The summed E-state index contributed by atoms with van der Waals surface area (Å²) in [4.78, 5) is 24.4. The van der Waals surface area contributed by atoms with Crippen LogP contribution in [0.5, 0.6) is 5.75 Å². The number of carbonyl (C=O) groups excluding carboxylic acids is 2. The van der Waals surface area contributed by atoms with Crippen molar-refractivity contribution in [2.45, 2.75) is 24.3 Å². The number of hydrogen-bond acceptors (Lipinski definition) is 5. The number of fused-ring (bicyclic) bond motifs is 1. The number of sulfonamides is 1. The molecule has 8 nitrogen and oxygen atoms in total. The van der Waals surface area contributed by atoms with Crippen LogP contribution in [-0.2, 0) is 19.6 Å². The minimum Gasteiger partial charge on any atom is -0.479 e. The zero-order valence-corrected chi connectivity index (χ0v) is 13.9. The van der Waals surface area contributed by atoms with Crippen molar-refractivity contribution in [3.63, 3.8) is 0 Å². The van der Waals surface area contributed by atoms with E-state index in [-0.39, 0.29) is 29.7 Å². The minimum atomic E-state index is -3.77. The molecule has 126 valence electrons. The van der Waals surface area contributed by atoms with Gasteiger partial charge in [0.25, 0.3) is 5.91 Å². The van der Waals surface area contributed by atoms with Crippen LogP contribution in [0.2, 0.25) is 0 Å². The summed E-state index contributed by atoms with van der Waals surface area (Å²) >= 11 is 0. The topological polar surface area (TPSA) is 105 Å². The average molecular weight is 341 g/mol. The lowest BCUT2D eigenvalue weighted by Gasteiger charge is -2.23. The molecule has 0 radical (unpaired) electrons. The Morgan fingerprint density at radius 1 is 1.39 bits per heavy atom. The van der Waals surface area contributed by atoms with Gasteiger partial charge in [-0.3, -0.25) is 9.59 Å². The highest BCUT2D eigenvalue weighted by molar-refractivity contribution is 7.89.